The number of rotatable bonds is 5. The van der Waals surface area contributed by atoms with Gasteiger partial charge in [0.15, 0.2) is 12.3 Å². The summed E-state index contributed by atoms with van der Waals surface area (Å²) < 4.78 is 63.9. The third kappa shape index (κ3) is 3.92. The summed E-state index contributed by atoms with van der Waals surface area (Å²) >= 11 is 0.910. The van der Waals surface area contributed by atoms with E-state index in [1.807, 2.05) is 0 Å². The zero-order valence-electron chi connectivity index (χ0n) is 15.4. The van der Waals surface area contributed by atoms with Gasteiger partial charge in [0.2, 0.25) is 0 Å². The molecule has 0 bridgehead atoms. The molecule has 0 amide bonds. The molecule has 0 radical (unpaired) electrons. The number of aryl methyl sites for hydroxylation is 1. The number of ether oxygens (including phenoxy) is 1. The second-order valence-corrected chi connectivity index (χ2v) is 7.06. The molecule has 3 heterocycles. The molecule has 8 nitrogen and oxygen atoms in total. The van der Waals surface area contributed by atoms with Crippen LogP contribution >= 0.6 is 11.8 Å². The minimum atomic E-state index is -4.70. The van der Waals surface area contributed by atoms with Crippen molar-refractivity contribution < 1.29 is 26.7 Å². The Morgan fingerprint density at radius 2 is 1.77 bits per heavy atom. The van der Waals surface area contributed by atoms with Gasteiger partial charge in [-0.15, -0.1) is 20.4 Å². The van der Waals surface area contributed by atoms with Gasteiger partial charge in [-0.3, -0.25) is 0 Å². The van der Waals surface area contributed by atoms with Gasteiger partial charge in [0, 0.05) is 5.56 Å². The fourth-order valence-electron chi connectivity index (χ4n) is 2.47. The lowest BCUT2D eigenvalue weighted by atomic mass is 10.2. The van der Waals surface area contributed by atoms with Crippen molar-refractivity contribution in [3.8, 4) is 5.75 Å². The molecule has 30 heavy (non-hydrogen) atoms. The average Bonchev–Trinajstić information content (AvgIpc) is 3.32. The van der Waals surface area contributed by atoms with E-state index in [1.165, 1.54) is 24.3 Å². The van der Waals surface area contributed by atoms with E-state index >= 15 is 0 Å². The maximum atomic E-state index is 13.1. The van der Waals surface area contributed by atoms with Crippen molar-refractivity contribution in [1.29, 1.82) is 0 Å². The average molecular weight is 440 g/mol. The van der Waals surface area contributed by atoms with Crippen molar-refractivity contribution >= 4 is 17.4 Å². The van der Waals surface area contributed by atoms with Crippen LogP contribution in [-0.4, -0.2) is 30.0 Å². The first kappa shape index (κ1) is 20.1. The number of alkyl halides is 3. The predicted molar refractivity (Wildman–Crippen MR) is 94.4 cm³/mol. The molecular formula is C17H12F4N6O2S. The smallest absolute Gasteiger partial charge is 0.453 e. The molecule has 3 aromatic heterocycles. The number of aromatic nitrogens is 6. The van der Waals surface area contributed by atoms with Crippen LogP contribution in [0.15, 0.2) is 38.9 Å². The first-order valence-electron chi connectivity index (χ1n) is 8.41. The van der Waals surface area contributed by atoms with E-state index in [0.29, 0.717) is 21.4 Å². The van der Waals surface area contributed by atoms with Crippen LogP contribution in [0.5, 0.6) is 5.75 Å². The Morgan fingerprint density at radius 3 is 2.47 bits per heavy atom. The SMILES string of the molecule is Cc1c(Sc2nnc(COc3ccc(F)cc3)o2)nn2c(C(F)(F)F)nnc2c1C. The predicted octanol–water partition coefficient (Wildman–Crippen LogP) is 4.01. The van der Waals surface area contributed by atoms with E-state index < -0.39 is 17.8 Å². The van der Waals surface area contributed by atoms with Gasteiger partial charge in [-0.1, -0.05) is 0 Å². The van der Waals surface area contributed by atoms with Gasteiger partial charge in [0.05, 0.1) is 0 Å². The molecule has 1 aromatic carbocycles. The quantitative estimate of drug-likeness (QED) is 0.430. The van der Waals surface area contributed by atoms with Crippen LogP contribution in [0.4, 0.5) is 17.6 Å². The molecule has 0 saturated heterocycles. The van der Waals surface area contributed by atoms with Gasteiger partial charge in [0.1, 0.15) is 16.6 Å². The van der Waals surface area contributed by atoms with Gasteiger partial charge < -0.3 is 9.15 Å². The second-order valence-electron chi connectivity index (χ2n) is 6.12. The fourth-order valence-corrected chi connectivity index (χ4v) is 3.29. The number of fused-ring (bicyclic) bond motifs is 1. The monoisotopic (exact) mass is 440 g/mol. The Morgan fingerprint density at radius 1 is 1.03 bits per heavy atom. The zero-order valence-corrected chi connectivity index (χ0v) is 16.3. The fraction of sp³-hybridized carbons (Fsp3) is 0.235. The summed E-state index contributed by atoms with van der Waals surface area (Å²) in [5.41, 5.74) is 1.12. The Bertz CT molecular complexity index is 1210. The highest BCUT2D eigenvalue weighted by molar-refractivity contribution is 7.99. The van der Waals surface area contributed by atoms with Crippen molar-refractivity contribution in [2.45, 2.75) is 36.9 Å². The topological polar surface area (TPSA) is 91.2 Å². The summed E-state index contributed by atoms with van der Waals surface area (Å²) in [6.07, 6.45) is -4.70. The van der Waals surface area contributed by atoms with Crippen molar-refractivity contribution in [3.63, 3.8) is 0 Å². The number of benzene rings is 1. The first-order valence-corrected chi connectivity index (χ1v) is 9.22. The van der Waals surface area contributed by atoms with Crippen LogP contribution in [0.25, 0.3) is 5.65 Å². The van der Waals surface area contributed by atoms with Crippen LogP contribution in [0.1, 0.15) is 22.8 Å². The van der Waals surface area contributed by atoms with E-state index in [9.17, 15) is 17.6 Å². The molecular weight excluding hydrogens is 428 g/mol. The first-order chi connectivity index (χ1) is 14.2. The van der Waals surface area contributed by atoms with Crippen molar-refractivity contribution in [3.05, 3.63) is 52.9 Å². The molecule has 4 aromatic rings. The number of hydrogen-bond acceptors (Lipinski definition) is 8. The number of halogens is 4. The van der Waals surface area contributed by atoms with E-state index in [2.05, 4.69) is 25.5 Å². The summed E-state index contributed by atoms with van der Waals surface area (Å²) in [5.74, 6) is -1.07. The number of hydrogen-bond donors (Lipinski definition) is 0. The summed E-state index contributed by atoms with van der Waals surface area (Å²) in [6, 6.07) is 5.39. The molecule has 0 aliphatic heterocycles. The van der Waals surface area contributed by atoms with E-state index in [1.54, 1.807) is 13.8 Å². The van der Waals surface area contributed by atoms with Crippen LogP contribution in [-0.2, 0) is 12.8 Å². The highest BCUT2D eigenvalue weighted by Crippen LogP contribution is 2.33. The van der Waals surface area contributed by atoms with Gasteiger partial charge in [0.25, 0.3) is 16.9 Å². The minimum absolute atomic E-state index is 0.0168. The molecule has 0 unspecified atom stereocenters. The summed E-state index contributed by atoms with van der Waals surface area (Å²) in [7, 11) is 0. The maximum Gasteiger partial charge on any atom is 0.453 e. The van der Waals surface area contributed by atoms with Crippen LogP contribution in [0, 0.1) is 19.7 Å². The molecule has 156 valence electrons. The molecule has 0 aliphatic carbocycles. The van der Waals surface area contributed by atoms with Gasteiger partial charge >= 0.3 is 6.18 Å². The van der Waals surface area contributed by atoms with Crippen molar-refractivity contribution in [2.24, 2.45) is 0 Å². The zero-order chi connectivity index (χ0) is 21.5. The Labute approximate surface area is 170 Å². The van der Waals surface area contributed by atoms with Crippen molar-refractivity contribution in [1.82, 2.24) is 30.0 Å². The minimum Gasteiger partial charge on any atom is -0.484 e. The van der Waals surface area contributed by atoms with E-state index in [0.717, 1.165) is 11.8 Å². The lowest BCUT2D eigenvalue weighted by Crippen LogP contribution is -2.13. The molecule has 0 atom stereocenters. The Hall–Kier alpha value is -3.22. The van der Waals surface area contributed by atoms with Gasteiger partial charge in [-0.25, -0.2) is 4.39 Å². The highest BCUT2D eigenvalue weighted by atomic mass is 32.2. The molecule has 0 spiro atoms. The summed E-state index contributed by atoms with van der Waals surface area (Å²) in [6.45, 7) is 3.26. The van der Waals surface area contributed by atoms with Gasteiger partial charge in [-0.2, -0.15) is 22.8 Å². The van der Waals surface area contributed by atoms with Crippen LogP contribution in [0.3, 0.4) is 0 Å². The van der Waals surface area contributed by atoms with Crippen LogP contribution in [0.2, 0.25) is 0 Å². The lowest BCUT2D eigenvalue weighted by Gasteiger charge is -2.09. The Kier molecular flexibility index (Phi) is 5.05. The molecule has 4 rings (SSSR count). The molecule has 13 heteroatoms. The standard InChI is InChI=1S/C17H12F4N6O2S/c1-8-9(2)14(26-27-13(8)23-24-15(27)17(19,20)21)30-16-25-22-12(29-16)7-28-11-5-3-10(18)4-6-11/h3-6H,7H2,1-2H3. The highest BCUT2D eigenvalue weighted by Gasteiger charge is 2.38. The lowest BCUT2D eigenvalue weighted by molar-refractivity contribution is -0.146. The van der Waals surface area contributed by atoms with E-state index in [-0.39, 0.29) is 28.4 Å². The maximum absolute atomic E-state index is 13.1. The largest absolute Gasteiger partial charge is 0.484 e. The second kappa shape index (κ2) is 7.55. The van der Waals surface area contributed by atoms with Crippen LogP contribution < -0.4 is 4.74 Å². The van der Waals surface area contributed by atoms with E-state index in [4.69, 9.17) is 9.15 Å². The Balaban J connectivity index is 1.55. The molecule has 0 aliphatic rings. The third-order valence-corrected chi connectivity index (χ3v) is 5.03. The van der Waals surface area contributed by atoms with Gasteiger partial charge in [-0.05, 0) is 55.4 Å². The summed E-state index contributed by atoms with van der Waals surface area (Å²) in [5, 5.41) is 18.8. The molecule has 0 saturated carbocycles. The van der Waals surface area contributed by atoms with Crippen molar-refractivity contribution in [2.75, 3.05) is 0 Å². The number of nitrogens with zero attached hydrogens (tertiary/aromatic N) is 6. The third-order valence-electron chi connectivity index (χ3n) is 4.11. The summed E-state index contributed by atoms with van der Waals surface area (Å²) in [4.78, 5) is 0. The molecule has 0 N–H and O–H groups in total. The molecule has 0 fully saturated rings. The normalized spacial score (nSPS) is 11.9.